The quantitative estimate of drug-likeness (QED) is 0.402. The molecule has 50 valence electrons. The Morgan fingerprint density at radius 1 is 1.25 bits per heavy atom. The summed E-state index contributed by atoms with van der Waals surface area (Å²) in [6.45, 7) is 1.11. The van der Waals surface area contributed by atoms with E-state index in [4.69, 9.17) is 5.11 Å². The van der Waals surface area contributed by atoms with Gasteiger partial charge in [-0.05, 0) is 0 Å². The number of rotatable bonds is 2. The summed E-state index contributed by atoms with van der Waals surface area (Å²) >= 11 is 0. The summed E-state index contributed by atoms with van der Waals surface area (Å²) in [7, 11) is 6.16. The molecule has 3 heteroatoms. The van der Waals surface area contributed by atoms with Crippen LogP contribution in [0.2, 0.25) is 0 Å². The molecule has 0 aliphatic rings. The van der Waals surface area contributed by atoms with Gasteiger partial charge < -0.3 is 9.59 Å². The standard InChI is InChI=1S/C5H14NO.Ga.3H/c1-6(2,3)4-5-7;;;;/h7H,4-5H2,1-3H3;;;;/q+1;;;;. The van der Waals surface area contributed by atoms with Crippen LogP contribution in [0.1, 0.15) is 0 Å². The zero-order valence-electron chi connectivity index (χ0n) is 5.31. The van der Waals surface area contributed by atoms with Gasteiger partial charge in [-0.25, -0.2) is 0 Å². The topological polar surface area (TPSA) is 20.2 Å². The molecule has 2 nitrogen and oxygen atoms in total. The van der Waals surface area contributed by atoms with Crippen molar-refractivity contribution in [2.24, 2.45) is 0 Å². The number of hydrogen-bond acceptors (Lipinski definition) is 1. The number of hydrogen-bond donors (Lipinski definition) is 1. The predicted octanol–water partition coefficient (Wildman–Crippen LogP) is -1.50. The van der Waals surface area contributed by atoms with Crippen LogP contribution in [0.4, 0.5) is 0 Å². The number of aliphatic hydroxyl groups excluding tert-OH is 1. The molecule has 0 fully saturated rings. The molecule has 8 heavy (non-hydrogen) atoms. The fourth-order valence-electron chi connectivity index (χ4n) is 0.300. The third-order valence-corrected chi connectivity index (χ3v) is 0.771. The molecule has 0 aliphatic heterocycles. The zero-order valence-corrected chi connectivity index (χ0v) is 5.31. The van der Waals surface area contributed by atoms with Crippen LogP contribution in [-0.4, -0.2) is 63.7 Å². The van der Waals surface area contributed by atoms with Crippen molar-refractivity contribution in [3.05, 3.63) is 0 Å². The Bertz CT molecular complexity index is 50.9. The van der Waals surface area contributed by atoms with Crippen LogP contribution in [0, 0.1) is 0 Å². The molecule has 0 saturated carbocycles. The summed E-state index contributed by atoms with van der Waals surface area (Å²) in [5, 5.41) is 8.39. The van der Waals surface area contributed by atoms with Crippen LogP contribution in [0.25, 0.3) is 0 Å². The molecule has 0 saturated heterocycles. The Hall–Kier alpha value is 0.556. The molecule has 0 aliphatic carbocycles. The molecule has 0 spiro atoms. The molecule has 0 radical (unpaired) electrons. The second kappa shape index (κ2) is 4.44. The molecule has 0 aromatic rings. The molecule has 0 rings (SSSR count). The van der Waals surface area contributed by atoms with Gasteiger partial charge in [-0.15, -0.1) is 0 Å². The van der Waals surface area contributed by atoms with E-state index < -0.39 is 0 Å². The van der Waals surface area contributed by atoms with Gasteiger partial charge in [0.05, 0.1) is 27.7 Å². The number of likely N-dealkylation sites (N-methyl/N-ethyl adjacent to an activating group) is 1. The van der Waals surface area contributed by atoms with Crippen molar-refractivity contribution in [2.45, 2.75) is 0 Å². The van der Waals surface area contributed by atoms with Crippen molar-refractivity contribution in [1.29, 1.82) is 0 Å². The average molecular weight is 177 g/mol. The SMILES string of the molecule is C[N+](C)(C)CCO.[GaH3]. The molecular weight excluding hydrogens is 160 g/mol. The van der Waals surface area contributed by atoms with E-state index in [0.717, 1.165) is 11.0 Å². The Balaban J connectivity index is 0. The van der Waals surface area contributed by atoms with Crippen molar-refractivity contribution in [2.75, 3.05) is 34.3 Å². The van der Waals surface area contributed by atoms with Crippen molar-refractivity contribution in [3.8, 4) is 0 Å². The van der Waals surface area contributed by atoms with Gasteiger partial charge in [-0.2, -0.15) is 0 Å². The second-order valence-corrected chi connectivity index (χ2v) is 2.74. The summed E-state index contributed by atoms with van der Waals surface area (Å²) < 4.78 is 0.844. The van der Waals surface area contributed by atoms with E-state index >= 15 is 0 Å². The first-order valence-electron chi connectivity index (χ1n) is 2.47. The van der Waals surface area contributed by atoms with Crippen molar-refractivity contribution >= 4 is 19.8 Å². The fourth-order valence-corrected chi connectivity index (χ4v) is 0.300. The molecule has 0 aromatic carbocycles. The summed E-state index contributed by atoms with van der Waals surface area (Å²) in [5.41, 5.74) is 0. The molecule has 0 amide bonds. The summed E-state index contributed by atoms with van der Waals surface area (Å²) in [6.07, 6.45) is 0. The van der Waals surface area contributed by atoms with Crippen LogP contribution in [0.5, 0.6) is 0 Å². The van der Waals surface area contributed by atoms with Gasteiger partial charge in [0.2, 0.25) is 0 Å². The maximum absolute atomic E-state index is 8.39. The Kier molecular flexibility index (Phi) is 6.30. The molecular formula is C5H17GaNO+. The minimum atomic E-state index is 0. The predicted molar refractivity (Wildman–Crippen MR) is 39.9 cm³/mol. The molecule has 0 heterocycles. The summed E-state index contributed by atoms with van der Waals surface area (Å²) in [6, 6.07) is 0. The third-order valence-electron chi connectivity index (χ3n) is 0.771. The van der Waals surface area contributed by atoms with E-state index in [0.29, 0.717) is 0 Å². The van der Waals surface area contributed by atoms with Gasteiger partial charge in [0.15, 0.2) is 0 Å². The molecule has 0 bridgehead atoms. The first kappa shape index (κ1) is 11.4. The van der Waals surface area contributed by atoms with Gasteiger partial charge in [0.25, 0.3) is 0 Å². The first-order valence-corrected chi connectivity index (χ1v) is 2.47. The van der Waals surface area contributed by atoms with Gasteiger partial charge in [-0.1, -0.05) is 0 Å². The summed E-state index contributed by atoms with van der Waals surface area (Å²) in [4.78, 5) is 0. The molecule has 0 atom stereocenters. The fraction of sp³-hybridized carbons (Fsp3) is 1.00. The number of aliphatic hydroxyl groups is 1. The van der Waals surface area contributed by atoms with Crippen molar-refractivity contribution in [1.82, 2.24) is 0 Å². The van der Waals surface area contributed by atoms with E-state index in [-0.39, 0.29) is 26.4 Å². The van der Waals surface area contributed by atoms with Crippen LogP contribution >= 0.6 is 0 Å². The third kappa shape index (κ3) is 9.75. The van der Waals surface area contributed by atoms with Crippen LogP contribution in [-0.2, 0) is 0 Å². The van der Waals surface area contributed by atoms with E-state index in [2.05, 4.69) is 21.1 Å². The van der Waals surface area contributed by atoms with E-state index in [1.54, 1.807) is 0 Å². The Morgan fingerprint density at radius 2 is 1.62 bits per heavy atom. The van der Waals surface area contributed by atoms with E-state index in [1.807, 2.05) is 0 Å². The van der Waals surface area contributed by atoms with Crippen LogP contribution < -0.4 is 0 Å². The number of nitrogens with zero attached hydrogens (tertiary/aromatic N) is 1. The van der Waals surface area contributed by atoms with Gasteiger partial charge in [-0.3, -0.25) is 0 Å². The van der Waals surface area contributed by atoms with Crippen LogP contribution in [0.3, 0.4) is 0 Å². The van der Waals surface area contributed by atoms with Crippen molar-refractivity contribution < 1.29 is 9.59 Å². The summed E-state index contributed by atoms with van der Waals surface area (Å²) in [5.74, 6) is 0. The molecule has 0 unspecified atom stereocenters. The Labute approximate surface area is 64.1 Å². The maximum atomic E-state index is 8.39. The average Bonchev–Trinajstić information content (AvgIpc) is 1.30. The van der Waals surface area contributed by atoms with Gasteiger partial charge in [0.1, 0.15) is 6.54 Å². The van der Waals surface area contributed by atoms with E-state index in [1.165, 1.54) is 0 Å². The van der Waals surface area contributed by atoms with E-state index in [9.17, 15) is 0 Å². The number of quaternary nitrogens is 1. The molecule has 1 N–H and O–H groups in total. The second-order valence-electron chi connectivity index (χ2n) is 2.74. The van der Waals surface area contributed by atoms with Crippen molar-refractivity contribution in [3.63, 3.8) is 0 Å². The monoisotopic (exact) mass is 176 g/mol. The van der Waals surface area contributed by atoms with Gasteiger partial charge >= 0.3 is 19.8 Å². The normalized spacial score (nSPS) is 10.5. The first-order chi connectivity index (χ1) is 3.06. The van der Waals surface area contributed by atoms with Crippen LogP contribution in [0.15, 0.2) is 0 Å². The zero-order chi connectivity index (χ0) is 5.91. The minimum absolute atomic E-state index is 0. The molecule has 0 aromatic heterocycles. The van der Waals surface area contributed by atoms with Gasteiger partial charge in [0, 0.05) is 0 Å². The Morgan fingerprint density at radius 3 is 1.62 bits per heavy atom.